The number of nitrogens with two attached hydrogens (primary N) is 1. The molecular formula is C24H26N6O. The van der Waals surface area contributed by atoms with Crippen LogP contribution in [-0.4, -0.2) is 52.4 Å². The summed E-state index contributed by atoms with van der Waals surface area (Å²) in [5.41, 5.74) is 10.9. The first-order valence-electron chi connectivity index (χ1n) is 10.3. The maximum Gasteiger partial charge on any atom is 0.231 e. The van der Waals surface area contributed by atoms with Gasteiger partial charge in [-0.15, -0.1) is 0 Å². The molecule has 1 aliphatic rings. The lowest BCUT2D eigenvalue weighted by Gasteiger charge is -2.26. The Hall–Kier alpha value is -3.58. The molecule has 0 bridgehead atoms. The fraction of sp³-hybridized carbons (Fsp3) is 0.250. The van der Waals surface area contributed by atoms with Crippen molar-refractivity contribution in [2.24, 2.45) is 5.73 Å². The van der Waals surface area contributed by atoms with Crippen LogP contribution in [0.1, 0.15) is 17.5 Å². The van der Waals surface area contributed by atoms with Gasteiger partial charge in [-0.3, -0.25) is 14.7 Å². The van der Waals surface area contributed by atoms with E-state index in [9.17, 15) is 4.79 Å². The normalized spacial score (nSPS) is 13.9. The average molecular weight is 415 g/mol. The van der Waals surface area contributed by atoms with Gasteiger partial charge in [-0.1, -0.05) is 30.3 Å². The fourth-order valence-corrected chi connectivity index (χ4v) is 3.78. The molecule has 0 atom stereocenters. The Bertz CT molecular complexity index is 1060. The highest BCUT2D eigenvalue weighted by Crippen LogP contribution is 2.25. The number of hydrogen-bond acceptors (Lipinski definition) is 6. The minimum absolute atomic E-state index is 0.231. The van der Waals surface area contributed by atoms with Gasteiger partial charge in [-0.05, 0) is 47.9 Å². The second-order valence-electron chi connectivity index (χ2n) is 7.78. The predicted octanol–water partition coefficient (Wildman–Crippen LogP) is 2.75. The van der Waals surface area contributed by atoms with Crippen LogP contribution in [0.25, 0.3) is 16.7 Å². The summed E-state index contributed by atoms with van der Waals surface area (Å²) in [7, 11) is 1.88. The number of anilines is 1. The SMILES string of the molecule is CN(CC(N)=O)Cc1cccc(-c2cnc(N3CC=C(c4cccnc4)CC3)nc2)c1. The Morgan fingerprint density at radius 3 is 2.58 bits per heavy atom. The molecule has 7 nitrogen and oxygen atoms in total. The smallest absolute Gasteiger partial charge is 0.231 e. The summed E-state index contributed by atoms with van der Waals surface area (Å²) < 4.78 is 0. The highest BCUT2D eigenvalue weighted by atomic mass is 16.1. The molecule has 1 aliphatic heterocycles. The molecule has 3 aromatic rings. The maximum absolute atomic E-state index is 11.1. The monoisotopic (exact) mass is 414 g/mol. The van der Waals surface area contributed by atoms with Gasteiger partial charge in [0.15, 0.2) is 0 Å². The van der Waals surface area contributed by atoms with Gasteiger partial charge >= 0.3 is 0 Å². The zero-order valence-electron chi connectivity index (χ0n) is 17.6. The van der Waals surface area contributed by atoms with Crippen LogP contribution in [0, 0.1) is 0 Å². The Labute approximate surface area is 182 Å². The van der Waals surface area contributed by atoms with Crippen LogP contribution in [0.3, 0.4) is 0 Å². The van der Waals surface area contributed by atoms with Crippen LogP contribution in [0.4, 0.5) is 5.95 Å². The molecule has 4 rings (SSSR count). The van der Waals surface area contributed by atoms with Crippen molar-refractivity contribution in [3.05, 3.63) is 78.4 Å². The number of primary amides is 1. The molecule has 2 N–H and O–H groups in total. The summed E-state index contributed by atoms with van der Waals surface area (Å²) in [6.45, 7) is 2.54. The standard InChI is InChI=1S/C24H26N6O/c1-29(17-23(25)31)16-18-4-2-5-20(12-18)22-14-27-24(28-15-22)30-10-7-19(8-11-30)21-6-3-9-26-13-21/h2-7,9,12-15H,8,10-11,16-17H2,1H3,(H2,25,31). The molecule has 3 heterocycles. The van der Waals surface area contributed by atoms with E-state index >= 15 is 0 Å². The maximum atomic E-state index is 11.1. The number of pyridine rings is 1. The van der Waals surface area contributed by atoms with Crippen molar-refractivity contribution in [2.75, 3.05) is 31.6 Å². The van der Waals surface area contributed by atoms with Gasteiger partial charge in [-0.25, -0.2) is 9.97 Å². The lowest BCUT2D eigenvalue weighted by molar-refractivity contribution is -0.118. The molecular weight excluding hydrogens is 388 g/mol. The second-order valence-corrected chi connectivity index (χ2v) is 7.78. The number of hydrogen-bond donors (Lipinski definition) is 1. The zero-order valence-corrected chi connectivity index (χ0v) is 17.6. The summed E-state index contributed by atoms with van der Waals surface area (Å²) in [6.07, 6.45) is 10.6. The van der Waals surface area contributed by atoms with Crippen molar-refractivity contribution in [2.45, 2.75) is 13.0 Å². The number of nitrogens with zero attached hydrogens (tertiary/aromatic N) is 5. The number of rotatable bonds is 7. The van der Waals surface area contributed by atoms with E-state index in [1.54, 1.807) is 6.20 Å². The predicted molar refractivity (Wildman–Crippen MR) is 122 cm³/mol. The summed E-state index contributed by atoms with van der Waals surface area (Å²) in [5, 5.41) is 0. The van der Waals surface area contributed by atoms with E-state index in [1.807, 2.05) is 54.8 Å². The molecule has 1 aromatic carbocycles. The molecule has 1 amide bonds. The minimum atomic E-state index is -0.331. The molecule has 0 fully saturated rings. The van der Waals surface area contributed by atoms with Crippen LogP contribution in [0.2, 0.25) is 0 Å². The van der Waals surface area contributed by atoms with Crippen molar-refractivity contribution >= 4 is 17.4 Å². The van der Waals surface area contributed by atoms with Gasteiger partial charge in [0.2, 0.25) is 11.9 Å². The van der Waals surface area contributed by atoms with E-state index in [-0.39, 0.29) is 12.5 Å². The molecule has 31 heavy (non-hydrogen) atoms. The molecule has 0 aliphatic carbocycles. The lowest BCUT2D eigenvalue weighted by atomic mass is 10.0. The minimum Gasteiger partial charge on any atom is -0.369 e. The number of amides is 1. The van der Waals surface area contributed by atoms with Gasteiger partial charge in [0.05, 0.1) is 6.54 Å². The average Bonchev–Trinajstić information content (AvgIpc) is 2.79. The highest BCUT2D eigenvalue weighted by molar-refractivity contribution is 5.75. The van der Waals surface area contributed by atoms with Crippen molar-refractivity contribution in [1.82, 2.24) is 19.9 Å². The van der Waals surface area contributed by atoms with Gasteiger partial charge in [0.1, 0.15) is 0 Å². The summed E-state index contributed by atoms with van der Waals surface area (Å²) in [5.74, 6) is 0.408. The Balaban J connectivity index is 1.43. The molecule has 0 saturated carbocycles. The second kappa shape index (κ2) is 9.49. The molecule has 0 radical (unpaired) electrons. The molecule has 158 valence electrons. The van der Waals surface area contributed by atoms with Crippen molar-refractivity contribution in [3.8, 4) is 11.1 Å². The number of benzene rings is 1. The third-order valence-electron chi connectivity index (χ3n) is 5.30. The van der Waals surface area contributed by atoms with E-state index in [1.165, 1.54) is 11.1 Å². The number of aromatic nitrogens is 3. The number of carbonyl (C=O) groups excluding carboxylic acids is 1. The first-order chi connectivity index (χ1) is 15.1. The van der Waals surface area contributed by atoms with Crippen LogP contribution < -0.4 is 10.6 Å². The summed E-state index contributed by atoms with van der Waals surface area (Å²) in [4.78, 5) is 28.6. The van der Waals surface area contributed by atoms with Gasteiger partial charge in [0.25, 0.3) is 0 Å². The van der Waals surface area contributed by atoms with Crippen LogP contribution in [0.5, 0.6) is 0 Å². The molecule has 0 spiro atoms. The highest BCUT2D eigenvalue weighted by Gasteiger charge is 2.16. The number of carbonyl (C=O) groups is 1. The van der Waals surface area contributed by atoms with Crippen LogP contribution >= 0.6 is 0 Å². The van der Waals surface area contributed by atoms with E-state index in [0.717, 1.165) is 42.1 Å². The molecule has 0 saturated heterocycles. The van der Waals surface area contributed by atoms with Crippen LogP contribution in [-0.2, 0) is 11.3 Å². The fourth-order valence-electron chi connectivity index (χ4n) is 3.78. The molecule has 7 heteroatoms. The van der Waals surface area contributed by atoms with E-state index < -0.39 is 0 Å². The Kier molecular flexibility index (Phi) is 6.33. The summed E-state index contributed by atoms with van der Waals surface area (Å²) >= 11 is 0. The van der Waals surface area contributed by atoms with Gasteiger partial charge < -0.3 is 10.6 Å². The first-order valence-corrected chi connectivity index (χ1v) is 10.3. The third kappa shape index (κ3) is 5.32. The number of likely N-dealkylation sites (N-methyl/N-ethyl adjacent to an activating group) is 1. The van der Waals surface area contributed by atoms with E-state index in [2.05, 4.69) is 38.1 Å². The van der Waals surface area contributed by atoms with E-state index in [4.69, 9.17) is 5.73 Å². The quantitative estimate of drug-likeness (QED) is 0.640. The van der Waals surface area contributed by atoms with Gasteiger partial charge in [-0.2, -0.15) is 0 Å². The largest absolute Gasteiger partial charge is 0.369 e. The molecule has 0 unspecified atom stereocenters. The van der Waals surface area contributed by atoms with Gasteiger partial charge in [0, 0.05) is 50.0 Å². The third-order valence-corrected chi connectivity index (χ3v) is 5.30. The molecule has 2 aromatic heterocycles. The lowest BCUT2D eigenvalue weighted by Crippen LogP contribution is -2.30. The first kappa shape index (κ1) is 20.7. The topological polar surface area (TPSA) is 88.2 Å². The van der Waals surface area contributed by atoms with Crippen LogP contribution in [0.15, 0.2) is 67.3 Å². The van der Waals surface area contributed by atoms with E-state index in [0.29, 0.717) is 6.54 Å². The zero-order chi connectivity index (χ0) is 21.6. The summed E-state index contributed by atoms with van der Waals surface area (Å²) in [6, 6.07) is 12.2. The van der Waals surface area contributed by atoms with Crippen molar-refractivity contribution in [3.63, 3.8) is 0 Å². The Morgan fingerprint density at radius 2 is 1.90 bits per heavy atom. The Morgan fingerprint density at radius 1 is 1.10 bits per heavy atom. The van der Waals surface area contributed by atoms with Crippen molar-refractivity contribution < 1.29 is 4.79 Å². The van der Waals surface area contributed by atoms with Crippen molar-refractivity contribution in [1.29, 1.82) is 0 Å².